The number of nitrogens with one attached hydrogen (secondary N) is 2. The van der Waals surface area contributed by atoms with Gasteiger partial charge in [-0.15, -0.1) is 0 Å². The number of hydrogen-bond donors (Lipinski definition) is 4. The van der Waals surface area contributed by atoms with Crippen LogP contribution < -0.4 is 26.5 Å². The summed E-state index contributed by atoms with van der Waals surface area (Å²) in [6.07, 6.45) is 16.5. The molecule has 0 unspecified atom stereocenters. The number of alkyl carbamates (subject to hydrolysis) is 1. The van der Waals surface area contributed by atoms with Crippen molar-refractivity contribution in [2.24, 2.45) is 11.8 Å². The van der Waals surface area contributed by atoms with E-state index >= 15 is 0 Å². The monoisotopic (exact) mass is 770 g/mol. The van der Waals surface area contributed by atoms with Gasteiger partial charge in [-0.3, -0.25) is 4.79 Å². The average Bonchev–Trinajstić information content (AvgIpc) is 3.81. The first-order chi connectivity index (χ1) is 26.7. The third-order valence-corrected chi connectivity index (χ3v) is 14.9. The van der Waals surface area contributed by atoms with Gasteiger partial charge in [-0.2, -0.15) is 0 Å². The molecule has 2 fully saturated rings. The number of unbranched alkanes of at least 4 members (excludes halogenated alkanes) is 1. The van der Waals surface area contributed by atoms with Crippen LogP contribution >= 0.6 is 7.26 Å². The molecule has 294 valence electrons. The predicted octanol–water partition coefficient (Wildman–Crippen LogP) is 6.14. The molecule has 2 aliphatic rings. The van der Waals surface area contributed by atoms with E-state index in [1.165, 1.54) is 15.9 Å². The van der Waals surface area contributed by atoms with E-state index in [0.717, 1.165) is 44.3 Å². The Morgan fingerprint density at radius 3 is 1.89 bits per heavy atom. The maximum absolute atomic E-state index is 12.0. The fraction of sp³-hybridized carbons (Fsp3) is 0.364. The normalized spacial score (nSPS) is 19.2. The summed E-state index contributed by atoms with van der Waals surface area (Å²) in [7, 11) is -2.28. The Labute approximate surface area is 325 Å². The van der Waals surface area contributed by atoms with E-state index in [2.05, 4.69) is 89.5 Å². The predicted molar refractivity (Wildman–Crippen MR) is 220 cm³/mol. The number of carboxylic acids is 2. The second-order valence-electron chi connectivity index (χ2n) is 13.7. The molecule has 0 saturated carbocycles. The molecule has 0 aliphatic carbocycles. The van der Waals surface area contributed by atoms with Crippen molar-refractivity contribution in [3.8, 4) is 0 Å². The van der Waals surface area contributed by atoms with E-state index in [4.69, 9.17) is 19.7 Å². The van der Waals surface area contributed by atoms with Gasteiger partial charge in [-0.1, -0.05) is 31.6 Å². The summed E-state index contributed by atoms with van der Waals surface area (Å²) in [5.41, 5.74) is 0. The van der Waals surface area contributed by atoms with E-state index in [-0.39, 0.29) is 37.1 Å². The third-order valence-electron chi connectivity index (χ3n) is 10.0. The molecule has 0 aromatic heterocycles. The van der Waals surface area contributed by atoms with Crippen LogP contribution in [0.15, 0.2) is 127 Å². The Morgan fingerprint density at radius 2 is 1.35 bits per heavy atom. The number of aliphatic carboxylic acids is 2. The van der Waals surface area contributed by atoms with Gasteiger partial charge >= 0.3 is 167 Å². The van der Waals surface area contributed by atoms with Gasteiger partial charge in [0.2, 0.25) is 0 Å². The Hall–Kier alpha value is -5.05. The SMILES string of the molecule is CCCCNC(=O)OCC(=O)NC[C@H]1[C@@H](C/C=C\C/C=C/C(=O)O)[C@H]2CC[C@@H]1O2.O=C(O)CC=CC[PH](c1ccccc1)(c1ccccc1)c1ccccc1. The molecule has 10 nitrogen and oxygen atoms in total. The molecule has 11 heteroatoms. The summed E-state index contributed by atoms with van der Waals surface area (Å²) in [6.45, 7) is 2.78. The zero-order valence-corrected chi connectivity index (χ0v) is 32.6. The zero-order chi connectivity index (χ0) is 39.3. The molecular formula is C44H55N2O8P. The number of carbonyl (C=O) groups excluding carboxylic acids is 2. The topological polar surface area (TPSA) is 151 Å². The van der Waals surface area contributed by atoms with Crippen molar-refractivity contribution in [1.82, 2.24) is 10.6 Å². The van der Waals surface area contributed by atoms with Crippen LogP contribution in [0, 0.1) is 11.8 Å². The van der Waals surface area contributed by atoms with Gasteiger partial charge in [0.05, 0.1) is 12.2 Å². The number of benzene rings is 3. The van der Waals surface area contributed by atoms with Crippen LogP contribution in [-0.2, 0) is 23.9 Å². The van der Waals surface area contributed by atoms with Crippen LogP contribution in [0.25, 0.3) is 0 Å². The van der Waals surface area contributed by atoms with Gasteiger partial charge in [0.25, 0.3) is 5.91 Å². The zero-order valence-electron chi connectivity index (χ0n) is 31.6. The molecule has 0 radical (unpaired) electrons. The molecule has 3 aromatic rings. The Kier molecular flexibility index (Phi) is 17.9. The number of rotatable bonds is 19. The molecule has 2 amide bonds. The molecule has 4 N–H and O–H groups in total. The number of fused-ring (bicyclic) bond motifs is 2. The van der Waals surface area contributed by atoms with Crippen LogP contribution in [0.1, 0.15) is 51.9 Å². The second kappa shape index (κ2) is 23.0. The van der Waals surface area contributed by atoms with Crippen LogP contribution in [0.4, 0.5) is 4.79 Å². The molecular weight excluding hydrogens is 715 g/mol. The van der Waals surface area contributed by atoms with Gasteiger partial charge in [-0.25, -0.2) is 9.59 Å². The number of allylic oxidation sites excluding steroid dienone is 4. The van der Waals surface area contributed by atoms with E-state index < -0.39 is 25.3 Å². The summed E-state index contributed by atoms with van der Waals surface area (Å²) in [4.78, 5) is 44.8. The number of amides is 2. The van der Waals surface area contributed by atoms with Gasteiger partial charge in [0.15, 0.2) is 6.61 Å². The molecule has 4 atom stereocenters. The number of carbonyl (C=O) groups is 4. The van der Waals surface area contributed by atoms with Crippen molar-refractivity contribution < 1.29 is 38.9 Å². The number of hydrogen-bond acceptors (Lipinski definition) is 6. The summed E-state index contributed by atoms with van der Waals surface area (Å²) in [6, 6.07) is 31.9. The van der Waals surface area contributed by atoms with E-state index in [1.54, 1.807) is 12.2 Å². The van der Waals surface area contributed by atoms with E-state index in [1.807, 2.05) is 37.3 Å². The Bertz CT molecular complexity index is 1640. The van der Waals surface area contributed by atoms with Crippen molar-refractivity contribution in [3.63, 3.8) is 0 Å². The summed E-state index contributed by atoms with van der Waals surface area (Å²) >= 11 is 0. The maximum atomic E-state index is 12.0. The first-order valence-corrected chi connectivity index (χ1v) is 21.4. The summed E-state index contributed by atoms with van der Waals surface area (Å²) < 4.78 is 10.9. The van der Waals surface area contributed by atoms with Crippen molar-refractivity contribution >= 4 is 47.1 Å². The first kappa shape index (κ1) is 42.7. The quantitative estimate of drug-likeness (QED) is 0.0491. The van der Waals surface area contributed by atoms with Crippen molar-refractivity contribution in [3.05, 3.63) is 127 Å². The molecule has 5 rings (SSSR count). The summed E-state index contributed by atoms with van der Waals surface area (Å²) in [5.74, 6) is -1.50. The fourth-order valence-electron chi connectivity index (χ4n) is 7.37. The minimum absolute atomic E-state index is 0.0584. The van der Waals surface area contributed by atoms with Crippen molar-refractivity contribution in [1.29, 1.82) is 0 Å². The average molecular weight is 771 g/mol. The van der Waals surface area contributed by atoms with Gasteiger partial charge in [0, 0.05) is 25.1 Å². The van der Waals surface area contributed by atoms with Crippen molar-refractivity contribution in [2.45, 2.75) is 64.1 Å². The van der Waals surface area contributed by atoms with Gasteiger partial charge < -0.3 is 25.2 Å². The molecule has 2 aliphatic heterocycles. The number of ether oxygens (including phenoxy) is 2. The van der Waals surface area contributed by atoms with Crippen LogP contribution in [-0.4, -0.2) is 72.2 Å². The Morgan fingerprint density at radius 1 is 0.764 bits per heavy atom. The van der Waals surface area contributed by atoms with Crippen LogP contribution in [0.3, 0.4) is 0 Å². The molecule has 0 spiro atoms. The number of carboxylic acid groups (broad SMARTS) is 2. The van der Waals surface area contributed by atoms with Crippen LogP contribution in [0.2, 0.25) is 0 Å². The molecule has 2 saturated heterocycles. The van der Waals surface area contributed by atoms with E-state index in [9.17, 15) is 19.2 Å². The molecule has 2 heterocycles. The minimum atomic E-state index is -2.28. The van der Waals surface area contributed by atoms with Crippen LogP contribution in [0.5, 0.6) is 0 Å². The third kappa shape index (κ3) is 13.3. The fourth-order valence-corrected chi connectivity index (χ4v) is 11.9. The first-order valence-electron chi connectivity index (χ1n) is 19.1. The molecule has 55 heavy (non-hydrogen) atoms. The molecule has 2 bridgehead atoms. The molecule has 3 aromatic carbocycles. The van der Waals surface area contributed by atoms with Gasteiger partial charge in [-0.05, 0) is 38.0 Å². The standard InChI is InChI=1S/C23H23O2P.C21H32N2O6/c24-23(25)18-10-11-19-26(20-12-4-1-5-13-20,21-14-6-2-7-15-21)22-16-8-3-9-17-22;1-2-3-12-22-21(27)28-14-19(24)23-13-16-15(17-10-11-18(16)29-17)8-6-4-5-7-9-20(25)26/h1-17,26H,18-19H2,(H,24,25);4,6-7,9,15-18H,2-3,5,8,10-14H2,1H3,(H,22,27)(H,23,24)(H,25,26)/b;6-4-,9-7+/t;15-,16+,17-,18+/m.1/s1. The Balaban J connectivity index is 0.000000246. The van der Waals surface area contributed by atoms with Gasteiger partial charge in [0.1, 0.15) is 0 Å². The van der Waals surface area contributed by atoms with E-state index in [0.29, 0.717) is 25.4 Å². The van der Waals surface area contributed by atoms with Crippen molar-refractivity contribution in [2.75, 3.05) is 25.9 Å². The summed E-state index contributed by atoms with van der Waals surface area (Å²) in [5, 5.41) is 27.0. The second-order valence-corrected chi connectivity index (χ2v) is 17.7.